The standard InChI is InChI=1S/C21H19ClFN3O4S/c1-26(2)31(28,29)20-11-15(6-7-17(20)22)21(27)25-12-14-5-8-19(18(23)10-14)30-16-4-3-9-24-13-16/h3-11,13H,12H2,1-2H3,(H,25,27). The number of hydrogen-bond acceptors (Lipinski definition) is 5. The number of carbonyl (C=O) groups excluding carboxylic acids is 1. The Labute approximate surface area is 184 Å². The quantitative estimate of drug-likeness (QED) is 0.575. The van der Waals surface area contributed by atoms with E-state index in [0.717, 1.165) is 4.31 Å². The Bertz CT molecular complexity index is 1200. The molecule has 0 spiro atoms. The minimum Gasteiger partial charge on any atom is -0.453 e. The highest BCUT2D eigenvalue weighted by Gasteiger charge is 2.22. The van der Waals surface area contributed by atoms with Crippen molar-refractivity contribution in [3.05, 3.63) is 82.9 Å². The molecule has 0 aliphatic rings. The largest absolute Gasteiger partial charge is 0.453 e. The van der Waals surface area contributed by atoms with Crippen LogP contribution in [0.5, 0.6) is 11.5 Å². The summed E-state index contributed by atoms with van der Waals surface area (Å²) in [7, 11) is -1.07. The predicted molar refractivity (Wildman–Crippen MR) is 114 cm³/mol. The Balaban J connectivity index is 1.70. The maximum absolute atomic E-state index is 14.3. The molecule has 0 aliphatic carbocycles. The van der Waals surface area contributed by atoms with Gasteiger partial charge >= 0.3 is 0 Å². The number of amides is 1. The topological polar surface area (TPSA) is 88.6 Å². The van der Waals surface area contributed by atoms with Crippen molar-refractivity contribution in [1.29, 1.82) is 0 Å². The van der Waals surface area contributed by atoms with Gasteiger partial charge < -0.3 is 10.1 Å². The first kappa shape index (κ1) is 22.7. The zero-order valence-electron chi connectivity index (χ0n) is 16.7. The fourth-order valence-corrected chi connectivity index (χ4v) is 3.99. The third kappa shape index (κ3) is 5.38. The molecule has 0 unspecified atom stereocenters. The molecule has 0 atom stereocenters. The first-order valence-corrected chi connectivity index (χ1v) is 10.9. The molecule has 3 aromatic rings. The SMILES string of the molecule is CN(C)S(=O)(=O)c1cc(C(=O)NCc2ccc(Oc3cccnc3)c(F)c2)ccc1Cl. The number of rotatable bonds is 7. The molecule has 0 radical (unpaired) electrons. The molecular weight excluding hydrogens is 445 g/mol. The fourth-order valence-electron chi connectivity index (χ4n) is 2.59. The summed E-state index contributed by atoms with van der Waals surface area (Å²) in [5.74, 6) is -0.697. The number of sulfonamides is 1. The molecule has 31 heavy (non-hydrogen) atoms. The number of ether oxygens (including phenoxy) is 1. The smallest absolute Gasteiger partial charge is 0.251 e. The van der Waals surface area contributed by atoms with Crippen molar-refractivity contribution < 1.29 is 22.3 Å². The van der Waals surface area contributed by atoms with E-state index < -0.39 is 21.7 Å². The molecule has 3 rings (SSSR count). The number of carbonyl (C=O) groups is 1. The third-order valence-corrected chi connectivity index (χ3v) is 6.56. The van der Waals surface area contributed by atoms with E-state index in [0.29, 0.717) is 11.3 Å². The van der Waals surface area contributed by atoms with E-state index in [-0.39, 0.29) is 27.8 Å². The van der Waals surface area contributed by atoms with Gasteiger partial charge in [0.2, 0.25) is 10.0 Å². The van der Waals surface area contributed by atoms with Gasteiger partial charge in [0.05, 0.1) is 11.2 Å². The summed E-state index contributed by atoms with van der Waals surface area (Å²) in [5, 5.41) is 2.64. The lowest BCUT2D eigenvalue weighted by Crippen LogP contribution is -2.25. The molecule has 1 aromatic heterocycles. The van der Waals surface area contributed by atoms with Gasteiger partial charge in [0.25, 0.3) is 5.91 Å². The van der Waals surface area contributed by atoms with Crippen LogP contribution in [0, 0.1) is 5.82 Å². The average molecular weight is 464 g/mol. The van der Waals surface area contributed by atoms with Gasteiger partial charge in [-0.05, 0) is 48.0 Å². The molecule has 0 aliphatic heterocycles. The van der Waals surface area contributed by atoms with Crippen molar-refractivity contribution in [1.82, 2.24) is 14.6 Å². The first-order chi connectivity index (χ1) is 14.7. The number of nitrogens with zero attached hydrogens (tertiary/aromatic N) is 2. The number of benzene rings is 2. The van der Waals surface area contributed by atoms with E-state index in [9.17, 15) is 17.6 Å². The van der Waals surface area contributed by atoms with E-state index in [2.05, 4.69) is 10.3 Å². The van der Waals surface area contributed by atoms with Crippen LogP contribution in [0.2, 0.25) is 5.02 Å². The van der Waals surface area contributed by atoms with Crippen LogP contribution in [0.25, 0.3) is 0 Å². The highest BCUT2D eigenvalue weighted by molar-refractivity contribution is 7.89. The minimum absolute atomic E-state index is 0.0107. The van der Waals surface area contributed by atoms with E-state index in [1.54, 1.807) is 24.4 Å². The summed E-state index contributed by atoms with van der Waals surface area (Å²) >= 11 is 6.00. The van der Waals surface area contributed by atoms with Gasteiger partial charge in [-0.25, -0.2) is 17.1 Å². The minimum atomic E-state index is -3.81. The Morgan fingerprint density at radius 2 is 1.97 bits per heavy atom. The van der Waals surface area contributed by atoms with Crippen LogP contribution in [0.15, 0.2) is 65.8 Å². The normalized spacial score (nSPS) is 11.4. The molecule has 0 saturated heterocycles. The van der Waals surface area contributed by atoms with E-state index in [1.807, 2.05) is 0 Å². The van der Waals surface area contributed by atoms with Crippen molar-refractivity contribution in [2.24, 2.45) is 0 Å². The van der Waals surface area contributed by atoms with Gasteiger partial charge in [0, 0.05) is 32.4 Å². The molecule has 1 N–H and O–H groups in total. The number of pyridine rings is 1. The zero-order valence-corrected chi connectivity index (χ0v) is 18.2. The second-order valence-corrected chi connectivity index (χ2v) is 9.20. The lowest BCUT2D eigenvalue weighted by molar-refractivity contribution is 0.0950. The highest BCUT2D eigenvalue weighted by Crippen LogP contribution is 2.26. The number of nitrogens with one attached hydrogen (secondary N) is 1. The maximum atomic E-state index is 14.3. The molecule has 2 aromatic carbocycles. The van der Waals surface area contributed by atoms with Crippen LogP contribution in [-0.2, 0) is 16.6 Å². The van der Waals surface area contributed by atoms with E-state index in [4.69, 9.17) is 16.3 Å². The molecule has 0 bridgehead atoms. The van der Waals surface area contributed by atoms with Crippen molar-refractivity contribution >= 4 is 27.5 Å². The highest BCUT2D eigenvalue weighted by atomic mass is 35.5. The van der Waals surface area contributed by atoms with Crippen molar-refractivity contribution in [2.75, 3.05) is 14.1 Å². The summed E-state index contributed by atoms with van der Waals surface area (Å²) in [4.78, 5) is 16.2. The van der Waals surface area contributed by atoms with Gasteiger partial charge in [-0.15, -0.1) is 0 Å². The predicted octanol–water partition coefficient (Wildman–Crippen LogP) is 3.85. The van der Waals surface area contributed by atoms with E-state index in [1.165, 1.54) is 50.6 Å². The number of aromatic nitrogens is 1. The number of halogens is 2. The van der Waals surface area contributed by atoms with Crippen molar-refractivity contribution in [2.45, 2.75) is 11.4 Å². The van der Waals surface area contributed by atoms with Gasteiger partial charge in [0.15, 0.2) is 11.6 Å². The molecule has 1 heterocycles. The Morgan fingerprint density at radius 1 is 1.19 bits per heavy atom. The van der Waals surface area contributed by atoms with Crippen LogP contribution in [0.4, 0.5) is 4.39 Å². The lowest BCUT2D eigenvalue weighted by Gasteiger charge is -2.14. The number of hydrogen-bond donors (Lipinski definition) is 1. The molecule has 0 fully saturated rings. The molecule has 1 amide bonds. The van der Waals surface area contributed by atoms with Crippen molar-refractivity contribution in [3.8, 4) is 11.5 Å². The van der Waals surface area contributed by atoms with Crippen LogP contribution in [-0.4, -0.2) is 37.7 Å². The Kier molecular flexibility index (Phi) is 6.89. The summed E-state index contributed by atoms with van der Waals surface area (Å²) in [6.45, 7) is 0.0291. The summed E-state index contributed by atoms with van der Waals surface area (Å²) < 4.78 is 45.5. The second-order valence-electron chi connectivity index (χ2n) is 6.67. The maximum Gasteiger partial charge on any atom is 0.251 e. The van der Waals surface area contributed by atoms with E-state index >= 15 is 0 Å². The van der Waals surface area contributed by atoms with Crippen LogP contribution >= 0.6 is 11.6 Å². The Morgan fingerprint density at radius 3 is 2.61 bits per heavy atom. The summed E-state index contributed by atoms with van der Waals surface area (Å²) in [5.41, 5.74) is 0.612. The fraction of sp³-hybridized carbons (Fsp3) is 0.143. The molecule has 7 nitrogen and oxygen atoms in total. The lowest BCUT2D eigenvalue weighted by atomic mass is 10.2. The molecule has 0 saturated carbocycles. The van der Waals surface area contributed by atoms with Crippen LogP contribution < -0.4 is 10.1 Å². The van der Waals surface area contributed by atoms with Crippen LogP contribution in [0.3, 0.4) is 0 Å². The molecular formula is C21H19ClFN3O4S. The first-order valence-electron chi connectivity index (χ1n) is 9.05. The van der Waals surface area contributed by atoms with Gasteiger partial charge in [-0.3, -0.25) is 9.78 Å². The van der Waals surface area contributed by atoms with Gasteiger partial charge in [0.1, 0.15) is 10.6 Å². The zero-order chi connectivity index (χ0) is 22.6. The average Bonchev–Trinajstić information content (AvgIpc) is 2.74. The molecule has 162 valence electrons. The van der Waals surface area contributed by atoms with Gasteiger partial charge in [-0.2, -0.15) is 0 Å². The summed E-state index contributed by atoms with van der Waals surface area (Å²) in [6.07, 6.45) is 3.04. The summed E-state index contributed by atoms with van der Waals surface area (Å²) in [6, 6.07) is 11.6. The monoisotopic (exact) mass is 463 g/mol. The molecule has 10 heteroatoms. The Hall–Kier alpha value is -3.01. The second kappa shape index (κ2) is 9.42. The van der Waals surface area contributed by atoms with Crippen molar-refractivity contribution in [3.63, 3.8) is 0 Å². The van der Waals surface area contributed by atoms with Crippen LogP contribution in [0.1, 0.15) is 15.9 Å². The van der Waals surface area contributed by atoms with Gasteiger partial charge in [-0.1, -0.05) is 17.7 Å². The third-order valence-electron chi connectivity index (χ3n) is 4.26.